The quantitative estimate of drug-likeness (QED) is 0.864. The van der Waals surface area contributed by atoms with E-state index < -0.39 is 15.6 Å². The number of nitrogens with zero attached hydrogens (tertiary/aromatic N) is 1. The molecule has 0 amide bonds. The summed E-state index contributed by atoms with van der Waals surface area (Å²) in [6.07, 6.45) is 0. The third kappa shape index (κ3) is 4.27. The van der Waals surface area contributed by atoms with Crippen molar-refractivity contribution in [2.24, 2.45) is 5.73 Å². The Labute approximate surface area is 113 Å². The van der Waals surface area contributed by atoms with Crippen molar-refractivity contribution < 1.29 is 8.42 Å². The molecule has 0 saturated heterocycles. The number of nitrogens with one attached hydrogen (secondary N) is 1. The van der Waals surface area contributed by atoms with Crippen molar-refractivity contribution in [3.05, 3.63) is 29.8 Å². The van der Waals surface area contributed by atoms with Gasteiger partial charge in [0.05, 0.1) is 16.5 Å². The van der Waals surface area contributed by atoms with E-state index in [0.717, 1.165) is 0 Å². The summed E-state index contributed by atoms with van der Waals surface area (Å²) in [5.74, 6) is 0. The van der Waals surface area contributed by atoms with Gasteiger partial charge < -0.3 is 5.73 Å². The first kappa shape index (κ1) is 16.9. The van der Waals surface area contributed by atoms with Crippen molar-refractivity contribution >= 4 is 22.4 Å². The second-order valence-electron chi connectivity index (χ2n) is 4.33. The van der Waals surface area contributed by atoms with Gasteiger partial charge in [0.15, 0.2) is 0 Å². The topological polar surface area (TPSA) is 96.0 Å². The zero-order valence-corrected chi connectivity index (χ0v) is 11.8. The highest BCUT2D eigenvalue weighted by atomic mass is 35.5. The highest BCUT2D eigenvalue weighted by Gasteiger charge is 2.24. The minimum absolute atomic E-state index is 0. The number of nitriles is 1. The predicted molar refractivity (Wildman–Crippen MR) is 71.9 cm³/mol. The standard InChI is InChI=1S/C11H15N3O2S.ClH/c1-11(2,8-13)14-17(15,16)10-5-3-9(7-12)4-6-10;/h3-6,14H,8,13H2,1-2H3;1H. The van der Waals surface area contributed by atoms with Crippen LogP contribution in [0.1, 0.15) is 19.4 Å². The van der Waals surface area contributed by atoms with Gasteiger partial charge in [-0.15, -0.1) is 12.4 Å². The SMILES string of the molecule is CC(C)(CN)NS(=O)(=O)c1ccc(C#N)cc1.Cl. The van der Waals surface area contributed by atoms with Gasteiger partial charge in [-0.05, 0) is 38.1 Å². The summed E-state index contributed by atoms with van der Waals surface area (Å²) in [7, 11) is -3.59. The van der Waals surface area contributed by atoms with E-state index in [1.165, 1.54) is 24.3 Å². The van der Waals surface area contributed by atoms with Gasteiger partial charge in [-0.2, -0.15) is 5.26 Å². The van der Waals surface area contributed by atoms with Gasteiger partial charge in [0.25, 0.3) is 0 Å². The molecular formula is C11H16ClN3O2S. The molecule has 0 fully saturated rings. The first-order valence-electron chi connectivity index (χ1n) is 5.05. The summed E-state index contributed by atoms with van der Waals surface area (Å²) in [6, 6.07) is 7.65. The molecule has 7 heteroatoms. The number of hydrogen-bond donors (Lipinski definition) is 2. The summed E-state index contributed by atoms with van der Waals surface area (Å²) in [4.78, 5) is 0.123. The van der Waals surface area contributed by atoms with Gasteiger partial charge in [0, 0.05) is 12.1 Å². The molecular weight excluding hydrogens is 274 g/mol. The van der Waals surface area contributed by atoms with Crippen molar-refractivity contribution in [2.75, 3.05) is 6.54 Å². The van der Waals surface area contributed by atoms with Gasteiger partial charge in [-0.25, -0.2) is 13.1 Å². The maximum Gasteiger partial charge on any atom is 0.241 e. The number of halogens is 1. The fourth-order valence-corrected chi connectivity index (χ4v) is 2.60. The zero-order chi connectivity index (χ0) is 13.1. The van der Waals surface area contributed by atoms with E-state index in [-0.39, 0.29) is 23.8 Å². The van der Waals surface area contributed by atoms with E-state index in [4.69, 9.17) is 11.0 Å². The smallest absolute Gasteiger partial charge is 0.241 e. The van der Waals surface area contributed by atoms with Crippen LogP contribution in [0.4, 0.5) is 0 Å². The monoisotopic (exact) mass is 289 g/mol. The molecule has 0 unspecified atom stereocenters. The van der Waals surface area contributed by atoms with E-state index in [2.05, 4.69) is 4.72 Å². The number of rotatable bonds is 4. The predicted octanol–water partition coefficient (Wildman–Crippen LogP) is 0.996. The lowest BCUT2D eigenvalue weighted by atomic mass is 10.1. The average molecular weight is 290 g/mol. The Kier molecular flexibility index (Phi) is 5.77. The Morgan fingerprint density at radius 1 is 1.33 bits per heavy atom. The van der Waals surface area contributed by atoms with Crippen LogP contribution >= 0.6 is 12.4 Å². The van der Waals surface area contributed by atoms with Crippen LogP contribution in [0.25, 0.3) is 0 Å². The lowest BCUT2D eigenvalue weighted by Gasteiger charge is -2.23. The highest BCUT2D eigenvalue weighted by molar-refractivity contribution is 7.89. The summed E-state index contributed by atoms with van der Waals surface area (Å²) < 4.78 is 26.4. The van der Waals surface area contributed by atoms with Crippen LogP contribution in [-0.4, -0.2) is 20.5 Å². The van der Waals surface area contributed by atoms with Crippen molar-refractivity contribution in [3.8, 4) is 6.07 Å². The minimum atomic E-state index is -3.59. The van der Waals surface area contributed by atoms with Gasteiger partial charge in [-0.3, -0.25) is 0 Å². The van der Waals surface area contributed by atoms with E-state index in [9.17, 15) is 8.42 Å². The molecule has 18 heavy (non-hydrogen) atoms. The molecule has 0 saturated carbocycles. The van der Waals surface area contributed by atoms with Crippen LogP contribution in [0.2, 0.25) is 0 Å². The molecule has 0 aliphatic rings. The van der Waals surface area contributed by atoms with Gasteiger partial charge in [-0.1, -0.05) is 0 Å². The van der Waals surface area contributed by atoms with Crippen LogP contribution in [0.5, 0.6) is 0 Å². The summed E-state index contributed by atoms with van der Waals surface area (Å²) >= 11 is 0. The molecule has 0 radical (unpaired) electrons. The van der Waals surface area contributed by atoms with E-state index in [1.54, 1.807) is 13.8 Å². The average Bonchev–Trinajstić information content (AvgIpc) is 2.28. The summed E-state index contributed by atoms with van der Waals surface area (Å²) in [5.41, 5.74) is 5.18. The molecule has 3 N–H and O–H groups in total. The van der Waals surface area contributed by atoms with Crippen LogP contribution in [0.15, 0.2) is 29.2 Å². The molecule has 0 aromatic heterocycles. The molecule has 100 valence electrons. The lowest BCUT2D eigenvalue weighted by molar-refractivity contribution is 0.462. The summed E-state index contributed by atoms with van der Waals surface area (Å²) in [6.45, 7) is 3.60. The molecule has 0 aliphatic heterocycles. The Balaban J connectivity index is 0.00000289. The molecule has 0 atom stereocenters. The molecule has 1 aromatic carbocycles. The van der Waals surface area contributed by atoms with Crippen molar-refractivity contribution in [1.82, 2.24) is 4.72 Å². The van der Waals surface area contributed by atoms with E-state index in [0.29, 0.717) is 5.56 Å². The molecule has 5 nitrogen and oxygen atoms in total. The fraction of sp³-hybridized carbons (Fsp3) is 0.364. The Bertz CT molecular complexity index is 532. The number of sulfonamides is 1. The molecule has 1 aromatic rings. The van der Waals surface area contributed by atoms with Crippen molar-refractivity contribution in [1.29, 1.82) is 5.26 Å². The van der Waals surface area contributed by atoms with Gasteiger partial charge in [0.1, 0.15) is 0 Å². The first-order chi connectivity index (χ1) is 7.80. The van der Waals surface area contributed by atoms with E-state index in [1.807, 2.05) is 6.07 Å². The number of hydrogen-bond acceptors (Lipinski definition) is 4. The lowest BCUT2D eigenvalue weighted by Crippen LogP contribution is -2.48. The third-order valence-corrected chi connectivity index (χ3v) is 3.93. The van der Waals surface area contributed by atoms with Gasteiger partial charge in [0.2, 0.25) is 10.0 Å². The normalized spacial score (nSPS) is 11.4. The van der Waals surface area contributed by atoms with Crippen LogP contribution in [0.3, 0.4) is 0 Å². The zero-order valence-electron chi connectivity index (χ0n) is 10.2. The van der Waals surface area contributed by atoms with Crippen LogP contribution in [-0.2, 0) is 10.0 Å². The fourth-order valence-electron chi connectivity index (χ4n) is 1.17. The van der Waals surface area contributed by atoms with Gasteiger partial charge >= 0.3 is 0 Å². The second kappa shape index (κ2) is 6.16. The van der Waals surface area contributed by atoms with E-state index >= 15 is 0 Å². The molecule has 0 spiro atoms. The van der Waals surface area contributed by atoms with Crippen LogP contribution < -0.4 is 10.5 Å². The Morgan fingerprint density at radius 2 is 1.83 bits per heavy atom. The number of nitrogens with two attached hydrogens (primary N) is 1. The molecule has 1 rings (SSSR count). The maximum atomic E-state index is 12.0. The molecule has 0 bridgehead atoms. The molecule has 0 heterocycles. The summed E-state index contributed by atoms with van der Waals surface area (Å²) in [5, 5.41) is 8.62. The largest absolute Gasteiger partial charge is 0.329 e. The molecule has 0 aliphatic carbocycles. The Hall–Kier alpha value is -1.13. The third-order valence-electron chi connectivity index (χ3n) is 2.21. The van der Waals surface area contributed by atoms with Crippen molar-refractivity contribution in [2.45, 2.75) is 24.3 Å². The Morgan fingerprint density at radius 3 is 2.22 bits per heavy atom. The first-order valence-corrected chi connectivity index (χ1v) is 6.53. The highest BCUT2D eigenvalue weighted by Crippen LogP contribution is 2.13. The van der Waals surface area contributed by atoms with Crippen molar-refractivity contribution in [3.63, 3.8) is 0 Å². The number of benzene rings is 1. The second-order valence-corrected chi connectivity index (χ2v) is 6.01. The maximum absolute atomic E-state index is 12.0. The minimum Gasteiger partial charge on any atom is -0.329 e. The van der Waals surface area contributed by atoms with Crippen LogP contribution in [0, 0.1) is 11.3 Å².